The monoisotopic (exact) mass is 629 g/mol. The third-order valence-electron chi connectivity index (χ3n) is 8.36. The zero-order valence-electron chi connectivity index (χ0n) is 25.7. The number of aliphatic hydroxyl groups is 1. The molecular weight excluding hydrogens is 594 g/mol. The van der Waals surface area contributed by atoms with Gasteiger partial charge in [0.05, 0.1) is 40.3 Å². The van der Waals surface area contributed by atoms with E-state index in [1.807, 2.05) is 19.1 Å². The van der Waals surface area contributed by atoms with Crippen molar-refractivity contribution >= 4 is 40.0 Å². The van der Waals surface area contributed by atoms with Crippen LogP contribution in [0.25, 0.3) is 10.9 Å². The summed E-state index contributed by atoms with van der Waals surface area (Å²) >= 11 is 6.65. The Hall–Kier alpha value is -4.59. The first-order valence-electron chi connectivity index (χ1n) is 14.8. The van der Waals surface area contributed by atoms with Crippen LogP contribution in [0, 0.1) is 36.0 Å². The van der Waals surface area contributed by atoms with Gasteiger partial charge in [-0.1, -0.05) is 31.5 Å². The number of ether oxygens (including phenoxy) is 3. The van der Waals surface area contributed by atoms with Crippen molar-refractivity contribution in [2.24, 2.45) is 17.8 Å². The Labute approximate surface area is 267 Å². The van der Waals surface area contributed by atoms with Crippen molar-refractivity contribution in [3.8, 4) is 23.3 Å². The number of aromatic nitrogens is 2. The van der Waals surface area contributed by atoms with Crippen LogP contribution in [0.15, 0.2) is 54.9 Å². The molecule has 2 N–H and O–H groups in total. The highest BCUT2D eigenvalue weighted by molar-refractivity contribution is 6.33. The highest BCUT2D eigenvalue weighted by Gasteiger charge is 2.34. The number of rotatable bonds is 9. The standard InChI is InChI=1S/C34H36ClN5O5/c1-20-6-5-10-37-30(20)19-44-24-7-8-28(27(35)12-24)39-33-23(15-36)16-38-29-14-32(31(43-4)13-26(29)33)45-34(42)40-17-21(2)25(9-11-41)22(3)18-40/h5-8,10,12-14,16,21-22,25,41H,9,11,17-19H2,1-4H3,(H,38,39). The van der Waals surface area contributed by atoms with Crippen molar-refractivity contribution < 1.29 is 24.1 Å². The van der Waals surface area contributed by atoms with Crippen molar-refractivity contribution in [1.82, 2.24) is 14.9 Å². The van der Waals surface area contributed by atoms with Gasteiger partial charge in [0.25, 0.3) is 0 Å². The van der Waals surface area contributed by atoms with Gasteiger partial charge in [0.2, 0.25) is 0 Å². The summed E-state index contributed by atoms with van der Waals surface area (Å²) in [5.41, 5.74) is 3.70. The first-order chi connectivity index (χ1) is 21.7. The van der Waals surface area contributed by atoms with E-state index >= 15 is 0 Å². The normalized spacial score (nSPS) is 17.9. The van der Waals surface area contributed by atoms with Gasteiger partial charge in [0.15, 0.2) is 11.5 Å². The molecule has 2 unspecified atom stereocenters. The third kappa shape index (κ3) is 7.06. The lowest BCUT2D eigenvalue weighted by Gasteiger charge is -2.40. The van der Waals surface area contributed by atoms with Gasteiger partial charge in [-0.25, -0.2) is 4.79 Å². The van der Waals surface area contributed by atoms with E-state index in [1.165, 1.54) is 13.3 Å². The molecule has 5 rings (SSSR count). The van der Waals surface area contributed by atoms with Gasteiger partial charge >= 0.3 is 6.09 Å². The van der Waals surface area contributed by atoms with Crippen LogP contribution in [-0.4, -0.2) is 52.9 Å². The molecule has 2 aromatic carbocycles. The SMILES string of the molecule is COc1cc2c(Nc3ccc(OCc4ncccc4C)cc3Cl)c(C#N)cnc2cc1OC(=O)N1CC(C)C(CCO)C(C)C1. The summed E-state index contributed by atoms with van der Waals surface area (Å²) in [6.45, 7) is 7.67. The molecule has 1 amide bonds. The van der Waals surface area contributed by atoms with Crippen LogP contribution in [0.1, 0.15) is 37.1 Å². The minimum atomic E-state index is -0.479. The number of anilines is 2. The fourth-order valence-corrected chi connectivity index (χ4v) is 6.15. The number of likely N-dealkylation sites (tertiary alicyclic amines) is 1. The number of hydrogen-bond donors (Lipinski definition) is 2. The number of nitrogens with one attached hydrogen (secondary N) is 1. The maximum absolute atomic E-state index is 13.2. The molecule has 45 heavy (non-hydrogen) atoms. The molecule has 1 aliphatic heterocycles. The Morgan fingerprint density at radius 3 is 2.60 bits per heavy atom. The van der Waals surface area contributed by atoms with Crippen LogP contribution >= 0.6 is 11.6 Å². The van der Waals surface area contributed by atoms with Crippen molar-refractivity contribution in [2.75, 3.05) is 32.1 Å². The van der Waals surface area contributed by atoms with Crippen LogP contribution in [0.5, 0.6) is 17.2 Å². The number of piperidine rings is 1. The average molecular weight is 630 g/mol. The number of aryl methyl sites for hydroxylation is 1. The summed E-state index contributed by atoms with van der Waals surface area (Å²) in [5, 5.41) is 23.6. The zero-order chi connectivity index (χ0) is 32.1. The second kappa shape index (κ2) is 14.0. The topological polar surface area (TPSA) is 130 Å². The number of halogens is 1. The van der Waals surface area contributed by atoms with Crippen molar-refractivity contribution in [1.29, 1.82) is 5.26 Å². The summed E-state index contributed by atoms with van der Waals surface area (Å²) in [6.07, 6.45) is 3.42. The first kappa shape index (κ1) is 31.8. The number of hydrogen-bond acceptors (Lipinski definition) is 9. The number of aliphatic hydroxyl groups excluding tert-OH is 1. The van der Waals surface area contributed by atoms with Gasteiger partial charge < -0.3 is 29.5 Å². The van der Waals surface area contributed by atoms with Crippen molar-refractivity contribution in [3.63, 3.8) is 0 Å². The number of nitrogens with zero attached hydrogens (tertiary/aromatic N) is 4. The van der Waals surface area contributed by atoms with E-state index in [2.05, 4.69) is 35.2 Å². The largest absolute Gasteiger partial charge is 0.493 e. The maximum atomic E-state index is 13.2. The molecule has 234 valence electrons. The predicted molar refractivity (Wildman–Crippen MR) is 172 cm³/mol. The van der Waals surface area contributed by atoms with E-state index in [0.29, 0.717) is 76.4 Å². The molecule has 0 aliphatic carbocycles. The molecule has 0 spiro atoms. The Morgan fingerprint density at radius 1 is 1.16 bits per heavy atom. The molecule has 2 atom stereocenters. The number of carbonyl (C=O) groups is 1. The fraction of sp³-hybridized carbons (Fsp3) is 0.353. The molecule has 10 nitrogen and oxygen atoms in total. The lowest BCUT2D eigenvalue weighted by Crippen LogP contribution is -2.48. The molecule has 1 saturated heterocycles. The zero-order valence-corrected chi connectivity index (χ0v) is 26.5. The molecule has 0 radical (unpaired) electrons. The number of methoxy groups -OCH3 is 1. The van der Waals surface area contributed by atoms with Crippen LogP contribution in [0.2, 0.25) is 5.02 Å². The van der Waals surface area contributed by atoms with E-state index in [0.717, 1.165) is 11.3 Å². The summed E-state index contributed by atoms with van der Waals surface area (Å²) in [6, 6.07) is 14.6. The quantitative estimate of drug-likeness (QED) is 0.203. The summed E-state index contributed by atoms with van der Waals surface area (Å²) in [4.78, 5) is 23.7. The maximum Gasteiger partial charge on any atom is 0.415 e. The van der Waals surface area contributed by atoms with Gasteiger partial charge in [0, 0.05) is 49.6 Å². The minimum Gasteiger partial charge on any atom is -0.493 e. The van der Waals surface area contributed by atoms with E-state index in [-0.39, 0.29) is 24.2 Å². The van der Waals surface area contributed by atoms with Crippen LogP contribution < -0.4 is 19.5 Å². The van der Waals surface area contributed by atoms with E-state index in [1.54, 1.807) is 41.4 Å². The number of carbonyl (C=O) groups excluding carboxylic acids is 1. The average Bonchev–Trinajstić information content (AvgIpc) is 3.03. The second-order valence-corrected chi connectivity index (χ2v) is 11.8. The van der Waals surface area contributed by atoms with Crippen LogP contribution in [-0.2, 0) is 6.61 Å². The minimum absolute atomic E-state index is 0.133. The third-order valence-corrected chi connectivity index (χ3v) is 8.68. The van der Waals surface area contributed by atoms with Gasteiger partial charge in [-0.3, -0.25) is 9.97 Å². The highest BCUT2D eigenvalue weighted by Crippen LogP contribution is 2.39. The molecular formula is C34H36ClN5O5. The van der Waals surface area contributed by atoms with E-state index < -0.39 is 6.09 Å². The van der Waals surface area contributed by atoms with E-state index in [4.69, 9.17) is 25.8 Å². The van der Waals surface area contributed by atoms with Gasteiger partial charge in [0.1, 0.15) is 18.4 Å². The summed E-state index contributed by atoms with van der Waals surface area (Å²) in [5.74, 6) is 1.90. The Balaban J connectivity index is 1.38. The number of amides is 1. The molecule has 11 heteroatoms. The first-order valence-corrected chi connectivity index (χ1v) is 15.2. The Bertz CT molecular complexity index is 1730. The molecule has 0 saturated carbocycles. The van der Waals surface area contributed by atoms with Crippen molar-refractivity contribution in [3.05, 3.63) is 76.7 Å². The molecule has 0 bridgehead atoms. The number of benzene rings is 2. The summed E-state index contributed by atoms with van der Waals surface area (Å²) < 4.78 is 17.4. The Morgan fingerprint density at radius 2 is 1.93 bits per heavy atom. The fourth-order valence-electron chi connectivity index (χ4n) is 5.93. The van der Waals surface area contributed by atoms with Gasteiger partial charge in [-0.2, -0.15) is 5.26 Å². The predicted octanol–water partition coefficient (Wildman–Crippen LogP) is 6.88. The Kier molecular flexibility index (Phi) is 9.91. The van der Waals surface area contributed by atoms with Crippen molar-refractivity contribution in [2.45, 2.75) is 33.8 Å². The second-order valence-electron chi connectivity index (χ2n) is 11.4. The number of pyridine rings is 2. The lowest BCUT2D eigenvalue weighted by atomic mass is 9.78. The van der Waals surface area contributed by atoms with Crippen LogP contribution in [0.4, 0.5) is 16.2 Å². The number of fused-ring (bicyclic) bond motifs is 1. The van der Waals surface area contributed by atoms with Crippen LogP contribution in [0.3, 0.4) is 0 Å². The smallest absolute Gasteiger partial charge is 0.415 e. The molecule has 4 aromatic rings. The summed E-state index contributed by atoms with van der Waals surface area (Å²) in [7, 11) is 1.49. The molecule has 1 fully saturated rings. The van der Waals surface area contributed by atoms with Gasteiger partial charge in [-0.05, 0) is 60.9 Å². The van der Waals surface area contributed by atoms with Gasteiger partial charge in [-0.15, -0.1) is 0 Å². The van der Waals surface area contributed by atoms with E-state index in [9.17, 15) is 15.2 Å². The molecule has 2 aromatic heterocycles. The molecule has 3 heterocycles. The molecule has 1 aliphatic rings. The number of nitriles is 1. The highest BCUT2D eigenvalue weighted by atomic mass is 35.5. The lowest BCUT2D eigenvalue weighted by molar-refractivity contribution is 0.0618.